The van der Waals surface area contributed by atoms with Gasteiger partial charge >= 0.3 is 0 Å². The molecule has 0 spiro atoms. The maximum Gasteiger partial charge on any atom is 0.0994 e. The molecule has 1 fully saturated rings. The molecule has 0 radical (unpaired) electrons. The van der Waals surface area contributed by atoms with E-state index in [4.69, 9.17) is 27.9 Å². The van der Waals surface area contributed by atoms with E-state index in [1.54, 1.807) is 12.1 Å². The first-order valence-corrected chi connectivity index (χ1v) is 11.0. The van der Waals surface area contributed by atoms with Gasteiger partial charge in [0, 0.05) is 12.5 Å². The molecule has 3 aromatic carbocycles. The fourth-order valence-electron chi connectivity index (χ4n) is 4.41. The second kappa shape index (κ2) is 9.70. The zero-order valence-corrected chi connectivity index (χ0v) is 18.5. The summed E-state index contributed by atoms with van der Waals surface area (Å²) in [4.78, 5) is 0. The van der Waals surface area contributed by atoms with Crippen LogP contribution in [0.2, 0.25) is 10.0 Å². The maximum atomic E-state index is 12.0. The van der Waals surface area contributed by atoms with Gasteiger partial charge in [-0.15, -0.1) is 0 Å². The maximum absolute atomic E-state index is 12.0. The number of hydrogen-bond acceptors (Lipinski definition) is 4. The summed E-state index contributed by atoms with van der Waals surface area (Å²) < 4.78 is 5.99. The molecule has 4 rings (SSSR count). The van der Waals surface area contributed by atoms with Crippen molar-refractivity contribution in [1.29, 1.82) is 0 Å². The van der Waals surface area contributed by atoms with Gasteiger partial charge in [-0.05, 0) is 35.2 Å². The number of halogens is 2. The second-order valence-corrected chi connectivity index (χ2v) is 8.74. The van der Waals surface area contributed by atoms with Gasteiger partial charge in [0.1, 0.15) is 0 Å². The fraction of sp³-hybridized carbons (Fsp3) is 0.280. The van der Waals surface area contributed by atoms with Gasteiger partial charge < -0.3 is 15.1 Å². The van der Waals surface area contributed by atoms with Crippen LogP contribution in [-0.2, 0) is 16.9 Å². The minimum Gasteiger partial charge on any atom is -0.384 e. The number of hydrogen-bond donors (Lipinski definition) is 2. The largest absolute Gasteiger partial charge is 0.384 e. The lowest BCUT2D eigenvalue weighted by Gasteiger charge is -2.48. The fourth-order valence-corrected chi connectivity index (χ4v) is 4.71. The van der Waals surface area contributed by atoms with E-state index < -0.39 is 17.6 Å². The Balaban J connectivity index is 1.68. The molecule has 162 valence electrons. The van der Waals surface area contributed by atoms with E-state index >= 15 is 0 Å². The second-order valence-electron chi connectivity index (χ2n) is 7.92. The minimum absolute atomic E-state index is 0.242. The van der Waals surface area contributed by atoms with Crippen LogP contribution in [0.4, 0.5) is 0 Å². The van der Waals surface area contributed by atoms with Gasteiger partial charge in [-0.3, -0.25) is 0 Å². The summed E-state index contributed by atoms with van der Waals surface area (Å²) in [6.45, 7) is 0.983. The van der Waals surface area contributed by atoms with Crippen LogP contribution in [-0.4, -0.2) is 34.6 Å². The Morgan fingerprint density at radius 3 is 2.29 bits per heavy atom. The molecule has 3 aromatic rings. The number of benzene rings is 3. The third-order valence-electron chi connectivity index (χ3n) is 5.98. The van der Waals surface area contributed by atoms with Crippen LogP contribution < -0.4 is 0 Å². The molecule has 3 unspecified atom stereocenters. The Kier molecular flexibility index (Phi) is 6.97. The van der Waals surface area contributed by atoms with Gasteiger partial charge in [0.05, 0.1) is 34.9 Å². The highest BCUT2D eigenvalue weighted by molar-refractivity contribution is 6.42. The summed E-state index contributed by atoms with van der Waals surface area (Å²) in [6.07, 6.45) is 0.369. The summed E-state index contributed by atoms with van der Waals surface area (Å²) in [5.74, 6) is -0.473. The first kappa shape index (κ1) is 22.3. The highest BCUT2D eigenvalue weighted by atomic mass is 35.5. The van der Waals surface area contributed by atoms with E-state index in [-0.39, 0.29) is 6.61 Å². The number of ether oxygens (including phenoxy) is 1. The Labute approximate surface area is 192 Å². The monoisotopic (exact) mass is 457 g/mol. The molecule has 1 saturated heterocycles. The lowest BCUT2D eigenvalue weighted by Crippen LogP contribution is -2.55. The van der Waals surface area contributed by atoms with E-state index in [1.807, 2.05) is 66.7 Å². The molecule has 1 heterocycles. The van der Waals surface area contributed by atoms with Crippen molar-refractivity contribution in [3.8, 4) is 0 Å². The van der Waals surface area contributed by atoms with E-state index in [2.05, 4.69) is 0 Å². The zero-order valence-electron chi connectivity index (χ0n) is 17.0. The molecule has 1 aliphatic rings. The number of hydroxylamine groups is 2. The van der Waals surface area contributed by atoms with Gasteiger partial charge in [-0.25, -0.2) is 0 Å². The average molecular weight is 458 g/mol. The third-order valence-corrected chi connectivity index (χ3v) is 6.72. The Bertz CT molecular complexity index is 1000. The zero-order chi connectivity index (χ0) is 21.8. The van der Waals surface area contributed by atoms with Gasteiger partial charge in [0.15, 0.2) is 0 Å². The minimum atomic E-state index is -1.20. The van der Waals surface area contributed by atoms with Gasteiger partial charge in [0.25, 0.3) is 0 Å². The van der Waals surface area contributed by atoms with Crippen LogP contribution in [0.5, 0.6) is 0 Å². The summed E-state index contributed by atoms with van der Waals surface area (Å²) in [5.41, 5.74) is 1.45. The molecule has 0 aliphatic carbocycles. The van der Waals surface area contributed by atoms with Crippen molar-refractivity contribution in [2.24, 2.45) is 0 Å². The van der Waals surface area contributed by atoms with Crippen molar-refractivity contribution >= 4 is 23.2 Å². The summed E-state index contributed by atoms with van der Waals surface area (Å²) in [5, 5.41) is 24.9. The standard InChI is InChI=1S/C25H25Cl2NO3/c26-21-12-11-19(15-22(21)27)24-23(17-31-16-18-7-3-1-4-8-18)28(30)14-13-25(24,29)20-9-5-2-6-10-20/h1-12,15,23-24,29-30H,13-14,16-17H2. The van der Waals surface area contributed by atoms with Crippen LogP contribution in [0.1, 0.15) is 29.0 Å². The average Bonchev–Trinajstić information content (AvgIpc) is 2.79. The van der Waals surface area contributed by atoms with Gasteiger partial charge in [-0.1, -0.05) is 89.9 Å². The van der Waals surface area contributed by atoms with E-state index in [0.717, 1.165) is 16.7 Å². The highest BCUT2D eigenvalue weighted by Crippen LogP contribution is 2.47. The van der Waals surface area contributed by atoms with Crippen molar-refractivity contribution in [2.45, 2.75) is 30.6 Å². The van der Waals surface area contributed by atoms with Gasteiger partial charge in [0.2, 0.25) is 0 Å². The smallest absolute Gasteiger partial charge is 0.0994 e. The third kappa shape index (κ3) is 4.80. The number of piperidine rings is 1. The summed E-state index contributed by atoms with van der Waals surface area (Å²) in [6, 6.07) is 24.3. The van der Waals surface area contributed by atoms with Crippen molar-refractivity contribution in [3.05, 3.63) is 106 Å². The van der Waals surface area contributed by atoms with Crippen LogP contribution in [0.25, 0.3) is 0 Å². The Hall–Kier alpha value is -1.92. The van der Waals surface area contributed by atoms with Crippen LogP contribution in [0, 0.1) is 0 Å². The van der Waals surface area contributed by atoms with Crippen molar-refractivity contribution in [3.63, 3.8) is 0 Å². The Morgan fingerprint density at radius 1 is 0.935 bits per heavy atom. The topological polar surface area (TPSA) is 52.9 Å². The van der Waals surface area contributed by atoms with E-state index in [0.29, 0.717) is 29.6 Å². The molecular formula is C25H25Cl2NO3. The molecule has 1 aliphatic heterocycles. The predicted octanol–water partition coefficient (Wildman–Crippen LogP) is 5.65. The lowest BCUT2D eigenvalue weighted by atomic mass is 9.69. The molecule has 4 nitrogen and oxygen atoms in total. The van der Waals surface area contributed by atoms with E-state index in [9.17, 15) is 10.3 Å². The molecule has 31 heavy (non-hydrogen) atoms. The molecule has 3 atom stereocenters. The molecule has 0 amide bonds. The highest BCUT2D eigenvalue weighted by Gasteiger charge is 2.49. The first-order chi connectivity index (χ1) is 15.0. The number of nitrogens with zero attached hydrogens (tertiary/aromatic N) is 1. The van der Waals surface area contributed by atoms with Gasteiger partial charge in [-0.2, -0.15) is 5.06 Å². The van der Waals surface area contributed by atoms with E-state index in [1.165, 1.54) is 5.06 Å². The first-order valence-electron chi connectivity index (χ1n) is 10.3. The van der Waals surface area contributed by atoms with Crippen molar-refractivity contribution in [1.82, 2.24) is 5.06 Å². The lowest BCUT2D eigenvalue weighted by molar-refractivity contribution is -0.209. The Morgan fingerprint density at radius 2 is 1.61 bits per heavy atom. The van der Waals surface area contributed by atoms with Crippen LogP contribution in [0.15, 0.2) is 78.9 Å². The molecule has 0 saturated carbocycles. The van der Waals surface area contributed by atoms with Crippen molar-refractivity contribution in [2.75, 3.05) is 13.2 Å². The molecule has 2 N–H and O–H groups in total. The van der Waals surface area contributed by atoms with Crippen LogP contribution in [0.3, 0.4) is 0 Å². The number of rotatable bonds is 6. The number of aliphatic hydroxyl groups is 1. The van der Waals surface area contributed by atoms with Crippen LogP contribution >= 0.6 is 23.2 Å². The SMILES string of the molecule is ON1CCC(O)(c2ccccc2)C(c2ccc(Cl)c(Cl)c2)C1COCc1ccccc1. The quantitative estimate of drug-likeness (QED) is 0.502. The molecule has 6 heteroatoms. The normalized spacial score (nSPS) is 24.3. The summed E-state index contributed by atoms with van der Waals surface area (Å²) in [7, 11) is 0. The molecule has 0 aromatic heterocycles. The predicted molar refractivity (Wildman–Crippen MR) is 123 cm³/mol. The van der Waals surface area contributed by atoms with Crippen molar-refractivity contribution < 1.29 is 15.1 Å². The summed E-state index contributed by atoms with van der Waals surface area (Å²) >= 11 is 12.5. The molecular weight excluding hydrogens is 433 g/mol. The molecule has 0 bridgehead atoms.